The molecule has 1 aliphatic heterocycles. The van der Waals surface area contributed by atoms with E-state index in [2.05, 4.69) is 5.32 Å². The molecule has 6 heteroatoms. The number of alkyl halides is 3. The molecule has 0 amide bonds. The quantitative estimate of drug-likeness (QED) is 0.760. The number of nitrogens with one attached hydrogen (secondary N) is 1. The second-order valence-electron chi connectivity index (χ2n) is 4.28. The van der Waals surface area contributed by atoms with Gasteiger partial charge in [0.15, 0.2) is 0 Å². The lowest BCUT2D eigenvalue weighted by Crippen LogP contribution is -2.23. The number of nitrogen functional groups attached to an aromatic ring is 1. The Balaban J connectivity index is 2.44. The van der Waals surface area contributed by atoms with Crippen molar-refractivity contribution in [2.75, 3.05) is 17.3 Å². The van der Waals surface area contributed by atoms with Crippen LogP contribution in [0, 0.1) is 0 Å². The molecule has 0 saturated heterocycles. The molecule has 1 aliphatic rings. The fourth-order valence-electron chi connectivity index (χ4n) is 1.89. The van der Waals surface area contributed by atoms with Crippen LogP contribution in [0.5, 0.6) is 0 Å². The lowest BCUT2D eigenvalue weighted by atomic mass is 10.1. The highest BCUT2D eigenvalue weighted by atomic mass is 19.4. The molecule has 0 bridgehead atoms. The standard InChI is InChI=1S/C12H14F3N3/c1-7-8(2)18(6-17-7)11-4-9(12(13,14)15)3-10(16)5-11/h3-5,17H,6,16H2,1-2H3. The Bertz CT molecular complexity index is 506. The molecular weight excluding hydrogens is 243 g/mol. The molecule has 0 spiro atoms. The SMILES string of the molecule is CC1=C(C)N(c2cc(N)cc(C(F)(F)F)c2)CN1. The third-order valence-electron chi connectivity index (χ3n) is 3.03. The minimum atomic E-state index is -4.38. The van der Waals surface area contributed by atoms with Crippen LogP contribution in [0.4, 0.5) is 24.5 Å². The maximum Gasteiger partial charge on any atom is 0.416 e. The monoisotopic (exact) mass is 257 g/mol. The van der Waals surface area contributed by atoms with Crippen molar-refractivity contribution >= 4 is 11.4 Å². The molecule has 1 aromatic rings. The van der Waals surface area contributed by atoms with Crippen molar-refractivity contribution in [2.45, 2.75) is 20.0 Å². The largest absolute Gasteiger partial charge is 0.416 e. The Morgan fingerprint density at radius 3 is 2.39 bits per heavy atom. The van der Waals surface area contributed by atoms with Gasteiger partial charge in [0.05, 0.1) is 12.2 Å². The van der Waals surface area contributed by atoms with E-state index in [-0.39, 0.29) is 5.69 Å². The van der Waals surface area contributed by atoms with Gasteiger partial charge in [0.2, 0.25) is 0 Å². The minimum Gasteiger partial charge on any atom is -0.399 e. The number of hydrogen-bond acceptors (Lipinski definition) is 3. The number of anilines is 2. The molecule has 3 nitrogen and oxygen atoms in total. The highest BCUT2D eigenvalue weighted by molar-refractivity contribution is 5.62. The van der Waals surface area contributed by atoms with Crippen molar-refractivity contribution < 1.29 is 13.2 Å². The first-order chi connectivity index (χ1) is 8.29. The molecular formula is C12H14F3N3. The number of halogens is 3. The van der Waals surface area contributed by atoms with E-state index in [1.54, 1.807) is 11.0 Å². The van der Waals surface area contributed by atoms with Gasteiger partial charge in [-0.1, -0.05) is 0 Å². The summed E-state index contributed by atoms with van der Waals surface area (Å²) in [5.41, 5.74) is 7.22. The van der Waals surface area contributed by atoms with Crippen molar-refractivity contribution in [1.29, 1.82) is 0 Å². The molecule has 0 fully saturated rings. The first kappa shape index (κ1) is 12.6. The van der Waals surface area contributed by atoms with Crippen LogP contribution in [0.25, 0.3) is 0 Å². The Morgan fingerprint density at radius 1 is 1.22 bits per heavy atom. The number of allylic oxidation sites excluding steroid dienone is 2. The fraction of sp³-hybridized carbons (Fsp3) is 0.333. The fourth-order valence-corrected chi connectivity index (χ4v) is 1.89. The lowest BCUT2D eigenvalue weighted by Gasteiger charge is -2.21. The average molecular weight is 257 g/mol. The molecule has 1 aromatic carbocycles. The molecule has 0 saturated carbocycles. The van der Waals surface area contributed by atoms with Gasteiger partial charge in [-0.15, -0.1) is 0 Å². The van der Waals surface area contributed by atoms with Crippen LogP contribution in [0.1, 0.15) is 19.4 Å². The maximum absolute atomic E-state index is 12.7. The maximum atomic E-state index is 12.7. The third-order valence-corrected chi connectivity index (χ3v) is 3.03. The first-order valence-corrected chi connectivity index (χ1v) is 5.45. The van der Waals surface area contributed by atoms with Crippen LogP contribution in [-0.4, -0.2) is 6.67 Å². The van der Waals surface area contributed by atoms with E-state index in [4.69, 9.17) is 5.73 Å². The zero-order valence-electron chi connectivity index (χ0n) is 10.1. The molecule has 98 valence electrons. The summed E-state index contributed by atoms with van der Waals surface area (Å²) in [7, 11) is 0. The second kappa shape index (κ2) is 4.12. The van der Waals surface area contributed by atoms with Gasteiger partial charge >= 0.3 is 6.18 Å². The number of benzene rings is 1. The predicted molar refractivity (Wildman–Crippen MR) is 64.7 cm³/mol. The number of nitrogens with zero attached hydrogens (tertiary/aromatic N) is 1. The summed E-state index contributed by atoms with van der Waals surface area (Å²) in [6.45, 7) is 4.19. The summed E-state index contributed by atoms with van der Waals surface area (Å²) in [6, 6.07) is 3.60. The molecule has 3 N–H and O–H groups in total. The molecule has 2 rings (SSSR count). The molecule has 0 radical (unpaired) electrons. The Hall–Kier alpha value is -1.85. The number of hydrogen-bond donors (Lipinski definition) is 2. The summed E-state index contributed by atoms with van der Waals surface area (Å²) in [5, 5.41) is 3.08. The van der Waals surface area contributed by atoms with Crippen molar-refractivity contribution in [3.05, 3.63) is 35.2 Å². The van der Waals surface area contributed by atoms with Crippen LogP contribution in [0.15, 0.2) is 29.6 Å². The van der Waals surface area contributed by atoms with E-state index in [1.807, 2.05) is 13.8 Å². The van der Waals surface area contributed by atoms with Gasteiger partial charge in [0.25, 0.3) is 0 Å². The van der Waals surface area contributed by atoms with Gasteiger partial charge in [-0.2, -0.15) is 13.2 Å². The summed E-state index contributed by atoms with van der Waals surface area (Å²) in [6.07, 6.45) is -4.38. The summed E-state index contributed by atoms with van der Waals surface area (Å²) < 4.78 is 38.1. The van der Waals surface area contributed by atoms with Crippen molar-refractivity contribution in [2.24, 2.45) is 0 Å². The smallest absolute Gasteiger partial charge is 0.399 e. The summed E-state index contributed by atoms with van der Waals surface area (Å²) in [5.74, 6) is 0. The highest BCUT2D eigenvalue weighted by Gasteiger charge is 2.32. The molecule has 0 aliphatic carbocycles. The van der Waals surface area contributed by atoms with Crippen molar-refractivity contribution in [3.63, 3.8) is 0 Å². The Morgan fingerprint density at radius 2 is 1.89 bits per heavy atom. The number of nitrogens with two attached hydrogens (primary N) is 1. The summed E-state index contributed by atoms with van der Waals surface area (Å²) >= 11 is 0. The van der Waals surface area contributed by atoms with E-state index in [0.29, 0.717) is 12.4 Å². The van der Waals surface area contributed by atoms with Gasteiger partial charge < -0.3 is 16.0 Å². The van der Waals surface area contributed by atoms with Crippen LogP contribution < -0.4 is 16.0 Å². The van der Waals surface area contributed by atoms with Gasteiger partial charge in [-0.25, -0.2) is 0 Å². The first-order valence-electron chi connectivity index (χ1n) is 5.45. The van der Waals surface area contributed by atoms with Gasteiger partial charge in [0, 0.05) is 22.8 Å². The van der Waals surface area contributed by atoms with E-state index in [9.17, 15) is 13.2 Å². The van der Waals surface area contributed by atoms with Crippen LogP contribution in [-0.2, 0) is 6.18 Å². The Labute approximate surface area is 103 Å². The number of rotatable bonds is 1. The normalized spacial score (nSPS) is 16.2. The van der Waals surface area contributed by atoms with Gasteiger partial charge in [-0.05, 0) is 32.0 Å². The van der Waals surface area contributed by atoms with E-state index in [0.717, 1.165) is 23.5 Å². The zero-order valence-corrected chi connectivity index (χ0v) is 10.1. The van der Waals surface area contributed by atoms with Crippen LogP contribution in [0.3, 0.4) is 0 Å². The van der Waals surface area contributed by atoms with Crippen molar-refractivity contribution in [1.82, 2.24) is 5.32 Å². The molecule has 0 aromatic heterocycles. The molecule has 1 heterocycles. The second-order valence-corrected chi connectivity index (χ2v) is 4.28. The van der Waals surface area contributed by atoms with E-state index in [1.165, 1.54) is 0 Å². The lowest BCUT2D eigenvalue weighted by molar-refractivity contribution is -0.137. The third kappa shape index (κ3) is 2.23. The predicted octanol–water partition coefficient (Wildman–Crippen LogP) is 2.91. The van der Waals surface area contributed by atoms with E-state index < -0.39 is 11.7 Å². The minimum absolute atomic E-state index is 0.108. The Kier molecular flexibility index (Phi) is 2.88. The van der Waals surface area contributed by atoms with Crippen LogP contribution in [0.2, 0.25) is 0 Å². The van der Waals surface area contributed by atoms with Gasteiger partial charge in [-0.3, -0.25) is 0 Å². The highest BCUT2D eigenvalue weighted by Crippen LogP contribution is 2.35. The van der Waals surface area contributed by atoms with E-state index >= 15 is 0 Å². The summed E-state index contributed by atoms with van der Waals surface area (Å²) in [4.78, 5) is 1.76. The molecule has 0 unspecified atom stereocenters. The zero-order chi connectivity index (χ0) is 13.5. The topological polar surface area (TPSA) is 41.3 Å². The van der Waals surface area contributed by atoms with Crippen LogP contribution >= 0.6 is 0 Å². The molecule has 0 atom stereocenters. The van der Waals surface area contributed by atoms with Crippen molar-refractivity contribution in [3.8, 4) is 0 Å². The average Bonchev–Trinajstić information content (AvgIpc) is 2.58. The molecule has 18 heavy (non-hydrogen) atoms. The van der Waals surface area contributed by atoms with Gasteiger partial charge in [0.1, 0.15) is 0 Å².